The number of thiazole rings is 1. The van der Waals surface area contributed by atoms with Crippen molar-refractivity contribution in [3.63, 3.8) is 0 Å². The average Bonchev–Trinajstić information content (AvgIpc) is 3.42. The maximum absolute atomic E-state index is 13.0. The lowest BCUT2D eigenvalue weighted by Crippen LogP contribution is -2.71. The molecule has 2 aliphatic rings. The van der Waals surface area contributed by atoms with Gasteiger partial charge < -0.3 is 25.8 Å². The van der Waals surface area contributed by atoms with Gasteiger partial charge in [0.15, 0.2) is 10.8 Å². The first kappa shape index (κ1) is 23.7. The molecule has 2 aliphatic heterocycles. The Bertz CT molecular complexity index is 1460. The number of carbonyl (C=O) groups is 3. The summed E-state index contributed by atoms with van der Waals surface area (Å²) in [5.41, 5.74) is 6.81. The fraction of sp³-hybridized carbons (Fsp3) is 0.286. The third kappa shape index (κ3) is 3.95. The van der Waals surface area contributed by atoms with E-state index in [1.165, 1.54) is 23.8 Å². The van der Waals surface area contributed by atoms with Crippen molar-refractivity contribution in [2.24, 2.45) is 5.16 Å². The molecule has 3 N–H and O–H groups in total. The van der Waals surface area contributed by atoms with Gasteiger partial charge in [0.1, 0.15) is 30.4 Å². The van der Waals surface area contributed by atoms with Crippen molar-refractivity contribution in [3.05, 3.63) is 52.6 Å². The molecule has 5 heterocycles. The summed E-state index contributed by atoms with van der Waals surface area (Å²) in [7, 11) is 1.28. The van der Waals surface area contributed by atoms with E-state index in [1.807, 2.05) is 29.7 Å². The van der Waals surface area contributed by atoms with Gasteiger partial charge in [-0.3, -0.25) is 14.5 Å². The lowest BCUT2D eigenvalue weighted by molar-refractivity contribution is -0.670. The Balaban J connectivity index is 1.39. The topological polar surface area (TPSA) is 171 Å². The highest BCUT2D eigenvalue weighted by molar-refractivity contribution is 8.00. The Morgan fingerprint density at radius 1 is 1.42 bits per heavy atom. The van der Waals surface area contributed by atoms with E-state index in [-0.39, 0.29) is 28.8 Å². The highest BCUT2D eigenvalue weighted by Crippen LogP contribution is 2.40. The number of carboxylic acids is 1. The first-order chi connectivity index (χ1) is 17.3. The monoisotopic (exact) mass is 528 g/mol. The lowest BCUT2D eigenvalue weighted by atomic mass is 10.0. The number of β-lactam (4-membered cyclic amide) rings is 1. The Hall–Kier alpha value is -3.98. The molecule has 36 heavy (non-hydrogen) atoms. The number of rotatable bonds is 7. The van der Waals surface area contributed by atoms with Crippen molar-refractivity contribution in [1.29, 1.82) is 0 Å². The van der Waals surface area contributed by atoms with Crippen LogP contribution < -0.4 is 20.7 Å². The molecule has 1 saturated heterocycles. The molecule has 186 valence electrons. The van der Waals surface area contributed by atoms with Crippen molar-refractivity contribution >= 4 is 57.4 Å². The molecule has 2 atom stereocenters. The van der Waals surface area contributed by atoms with Gasteiger partial charge in [-0.2, -0.15) is 0 Å². The van der Waals surface area contributed by atoms with Crippen molar-refractivity contribution in [2.75, 3.05) is 18.6 Å². The largest absolute Gasteiger partial charge is 0.543 e. The number of carboxylic acid groups (broad SMARTS) is 1. The number of fused-ring (bicyclic) bond motifs is 2. The van der Waals surface area contributed by atoms with E-state index in [0.29, 0.717) is 17.2 Å². The number of aromatic nitrogens is 4. The maximum Gasteiger partial charge on any atom is 0.276 e. The molecule has 3 aromatic rings. The summed E-state index contributed by atoms with van der Waals surface area (Å²) in [4.78, 5) is 48.0. The van der Waals surface area contributed by atoms with Crippen LogP contribution in [-0.4, -0.2) is 67.3 Å². The summed E-state index contributed by atoms with van der Waals surface area (Å²) in [6.07, 6.45) is 1.80. The number of anilines is 1. The second-order valence-electron chi connectivity index (χ2n) is 7.93. The number of nitrogen functional groups attached to an aromatic ring is 1. The SMILES string of the molecule is CO/N=C(\C(=O)N[C@@H]1C(=O)N2C(C(=O)[O-])=C(C[n+]3c(C)nn4ccccc43)CS[C@H]12)c1csc(N)n1. The number of carbonyl (C=O) groups excluding carboxylic acids is 3. The number of thioether (sulfide) groups is 1. The number of aliphatic carboxylic acids is 1. The van der Waals surface area contributed by atoms with E-state index in [9.17, 15) is 19.5 Å². The molecule has 0 saturated carbocycles. The van der Waals surface area contributed by atoms with Gasteiger partial charge in [-0.1, -0.05) is 15.7 Å². The van der Waals surface area contributed by atoms with Crippen LogP contribution >= 0.6 is 23.1 Å². The number of hydrogen-bond acceptors (Lipinski definition) is 11. The van der Waals surface area contributed by atoms with Gasteiger partial charge in [0.2, 0.25) is 0 Å². The van der Waals surface area contributed by atoms with Gasteiger partial charge in [0, 0.05) is 29.2 Å². The van der Waals surface area contributed by atoms with Gasteiger partial charge in [0.25, 0.3) is 23.3 Å². The molecule has 0 unspecified atom stereocenters. The number of amides is 2. The fourth-order valence-electron chi connectivity index (χ4n) is 4.18. The summed E-state index contributed by atoms with van der Waals surface area (Å²) >= 11 is 2.48. The molecule has 0 radical (unpaired) electrons. The van der Waals surface area contributed by atoms with Crippen molar-refractivity contribution in [3.8, 4) is 0 Å². The van der Waals surface area contributed by atoms with Crippen LogP contribution in [0.1, 0.15) is 11.5 Å². The molecule has 5 rings (SSSR count). The number of aryl methyl sites for hydroxylation is 1. The Labute approximate surface area is 212 Å². The molecule has 0 bridgehead atoms. The quantitative estimate of drug-likeness (QED) is 0.159. The van der Waals surface area contributed by atoms with Crippen LogP contribution in [0.15, 0.2) is 46.2 Å². The van der Waals surface area contributed by atoms with E-state index in [0.717, 1.165) is 17.0 Å². The van der Waals surface area contributed by atoms with E-state index in [1.54, 1.807) is 16.1 Å². The Morgan fingerprint density at radius 3 is 2.92 bits per heavy atom. The molecule has 3 aromatic heterocycles. The molecular weight excluding hydrogens is 508 g/mol. The Kier molecular flexibility index (Phi) is 6.09. The molecule has 2 amide bonds. The Morgan fingerprint density at radius 2 is 2.22 bits per heavy atom. The van der Waals surface area contributed by atoms with Crippen LogP contribution in [-0.2, 0) is 25.8 Å². The number of pyridine rings is 1. The lowest BCUT2D eigenvalue weighted by Gasteiger charge is -2.50. The van der Waals surface area contributed by atoms with Gasteiger partial charge in [-0.15, -0.1) is 23.1 Å². The smallest absolute Gasteiger partial charge is 0.276 e. The van der Waals surface area contributed by atoms with E-state index in [4.69, 9.17) is 10.6 Å². The number of nitrogens with two attached hydrogens (primary N) is 1. The molecule has 13 nitrogen and oxygen atoms in total. The molecule has 0 spiro atoms. The molecule has 0 aromatic carbocycles. The van der Waals surface area contributed by atoms with Crippen molar-refractivity contribution < 1.29 is 28.9 Å². The summed E-state index contributed by atoms with van der Waals surface area (Å²) in [5, 5.41) is 24.1. The highest BCUT2D eigenvalue weighted by Gasteiger charge is 2.53. The summed E-state index contributed by atoms with van der Waals surface area (Å²) in [5.74, 6) is -1.70. The van der Waals surface area contributed by atoms with Crippen LogP contribution in [0.25, 0.3) is 5.65 Å². The van der Waals surface area contributed by atoms with Crippen LogP contribution in [0.3, 0.4) is 0 Å². The van der Waals surface area contributed by atoms with Gasteiger partial charge in [-0.25, -0.2) is 9.55 Å². The first-order valence-electron chi connectivity index (χ1n) is 10.7. The average molecular weight is 529 g/mol. The minimum Gasteiger partial charge on any atom is -0.543 e. The predicted octanol–water partition coefficient (Wildman–Crippen LogP) is -1.58. The van der Waals surface area contributed by atoms with Gasteiger partial charge in [0.05, 0.1) is 18.2 Å². The van der Waals surface area contributed by atoms with Crippen LogP contribution in [0.5, 0.6) is 0 Å². The summed E-state index contributed by atoms with van der Waals surface area (Å²) < 4.78 is 3.57. The van der Waals surface area contributed by atoms with E-state index >= 15 is 0 Å². The third-order valence-electron chi connectivity index (χ3n) is 5.78. The van der Waals surface area contributed by atoms with Crippen molar-refractivity contribution in [2.45, 2.75) is 24.9 Å². The van der Waals surface area contributed by atoms with Crippen LogP contribution in [0, 0.1) is 6.92 Å². The minimum atomic E-state index is -1.46. The molecule has 1 fully saturated rings. The molecular formula is C21H20N8O5S2. The molecule has 15 heteroatoms. The van der Waals surface area contributed by atoms with Crippen molar-refractivity contribution in [1.82, 2.24) is 24.8 Å². The highest BCUT2D eigenvalue weighted by atomic mass is 32.2. The zero-order valence-corrected chi connectivity index (χ0v) is 20.7. The number of hydrogen-bond donors (Lipinski definition) is 2. The molecule has 0 aliphatic carbocycles. The van der Waals surface area contributed by atoms with Gasteiger partial charge in [-0.05, 0) is 11.6 Å². The maximum atomic E-state index is 13.0. The second-order valence-corrected chi connectivity index (χ2v) is 9.93. The minimum absolute atomic E-state index is 0.145. The van der Waals surface area contributed by atoms with E-state index < -0.39 is 29.2 Å². The predicted molar refractivity (Wildman–Crippen MR) is 127 cm³/mol. The standard InChI is InChI=1S/C21H20N8O5S2/c1-10-25-28-6-4-3-5-13(28)27(10)7-11-8-35-19-15(18(31)29(19)16(11)20(32)33)24-17(30)14(26-34-2)12-9-36-21(22)23-12/h3-6,9,15,19H,7-8H2,1-2H3,(H3-,22,23,24,30,32,33)/b26-14-/t15-,19-/m1/s1. The van der Waals surface area contributed by atoms with Crippen LogP contribution in [0.4, 0.5) is 5.13 Å². The third-order valence-corrected chi connectivity index (χ3v) is 7.79. The zero-order valence-electron chi connectivity index (χ0n) is 19.1. The number of nitrogens with zero attached hydrogens (tertiary/aromatic N) is 6. The van der Waals surface area contributed by atoms with Crippen LogP contribution in [0.2, 0.25) is 0 Å². The zero-order chi connectivity index (χ0) is 25.6. The normalized spacial score (nSPS) is 19.8. The second kappa shape index (κ2) is 9.23. The number of oxime groups is 1. The van der Waals surface area contributed by atoms with E-state index in [2.05, 4.69) is 20.6 Å². The summed E-state index contributed by atoms with van der Waals surface area (Å²) in [6, 6.07) is 4.62. The number of nitrogens with one attached hydrogen (secondary N) is 1. The fourth-order valence-corrected chi connectivity index (χ4v) is 6.06. The van der Waals surface area contributed by atoms with Gasteiger partial charge >= 0.3 is 0 Å². The first-order valence-corrected chi connectivity index (χ1v) is 12.6. The summed E-state index contributed by atoms with van der Waals surface area (Å²) in [6.45, 7) is 2.04.